The van der Waals surface area contributed by atoms with Crippen LogP contribution in [0.5, 0.6) is 5.75 Å². The van der Waals surface area contributed by atoms with E-state index < -0.39 is 17.6 Å². The number of nitrogens with one attached hydrogen (secondary N) is 1. The number of aromatic hydroxyl groups is 1. The smallest absolute Gasteiger partial charge is 0.293 e. The summed E-state index contributed by atoms with van der Waals surface area (Å²) in [5.74, 6) is 0.00630. The van der Waals surface area contributed by atoms with Gasteiger partial charge < -0.3 is 24.7 Å². The lowest BCUT2D eigenvalue weighted by Crippen LogP contribution is -2.35. The molecule has 21 heavy (non-hydrogen) atoms. The van der Waals surface area contributed by atoms with Crippen LogP contribution < -0.4 is 5.56 Å². The van der Waals surface area contributed by atoms with E-state index in [1.165, 1.54) is 0 Å². The zero-order valence-electron chi connectivity index (χ0n) is 12.5. The largest absolute Gasteiger partial charge is 0.502 e. The molecule has 7 heteroatoms. The summed E-state index contributed by atoms with van der Waals surface area (Å²) in [7, 11) is 0. The summed E-state index contributed by atoms with van der Waals surface area (Å²) in [5, 5.41) is 18.7. The highest BCUT2D eigenvalue weighted by Crippen LogP contribution is 2.35. The van der Waals surface area contributed by atoms with E-state index in [4.69, 9.17) is 14.6 Å². The quantitative estimate of drug-likeness (QED) is 0.684. The first kappa shape index (κ1) is 15.9. The minimum atomic E-state index is -0.797. The fraction of sp³-hybridized carbons (Fsp3) is 0.714. The molecule has 1 fully saturated rings. The van der Waals surface area contributed by atoms with Gasteiger partial charge in [0, 0.05) is 12.0 Å². The molecule has 2 rings (SSSR count). The predicted molar refractivity (Wildman–Crippen MR) is 74.9 cm³/mol. The predicted octanol–water partition coefficient (Wildman–Crippen LogP) is 1.31. The fourth-order valence-electron chi connectivity index (χ4n) is 2.25. The van der Waals surface area contributed by atoms with Crippen molar-refractivity contribution in [1.29, 1.82) is 0 Å². The molecule has 0 saturated carbocycles. The minimum absolute atomic E-state index is 0.113. The van der Waals surface area contributed by atoms with Crippen molar-refractivity contribution < 1.29 is 19.7 Å². The first-order valence-electron chi connectivity index (χ1n) is 7.10. The molecule has 0 aliphatic carbocycles. The van der Waals surface area contributed by atoms with Crippen LogP contribution in [0.2, 0.25) is 0 Å². The van der Waals surface area contributed by atoms with Crippen molar-refractivity contribution in [1.82, 2.24) is 9.97 Å². The normalized spacial score (nSPS) is 22.1. The summed E-state index contributed by atoms with van der Waals surface area (Å²) in [6, 6.07) is 0. The Morgan fingerprint density at radius 2 is 2.00 bits per heavy atom. The van der Waals surface area contributed by atoms with E-state index in [1.54, 1.807) is 6.92 Å². The maximum Gasteiger partial charge on any atom is 0.293 e. The highest BCUT2D eigenvalue weighted by Gasteiger charge is 2.35. The molecule has 2 heterocycles. The van der Waals surface area contributed by atoms with Gasteiger partial charge in [-0.1, -0.05) is 20.3 Å². The zero-order valence-corrected chi connectivity index (χ0v) is 12.5. The van der Waals surface area contributed by atoms with Crippen molar-refractivity contribution in [2.75, 3.05) is 6.61 Å². The summed E-state index contributed by atoms with van der Waals surface area (Å²) in [5.41, 5.74) is -0.870. The Morgan fingerprint density at radius 1 is 1.33 bits per heavy atom. The van der Waals surface area contributed by atoms with Crippen LogP contribution in [-0.4, -0.2) is 33.1 Å². The standard InChI is InChI=1S/C14H22N2O5/c1-8-20-12(21-8)9-10(18)11(19)16-13(15-9)14(2,3)6-4-5-7-17/h8,12,17-18H,4-7H2,1-3H3,(H,15,16,19). The van der Waals surface area contributed by atoms with Crippen molar-refractivity contribution in [2.45, 2.75) is 58.0 Å². The van der Waals surface area contributed by atoms with E-state index >= 15 is 0 Å². The van der Waals surface area contributed by atoms with Gasteiger partial charge in [-0.15, -0.1) is 0 Å². The maximum absolute atomic E-state index is 11.9. The van der Waals surface area contributed by atoms with Gasteiger partial charge in [0.15, 0.2) is 6.29 Å². The molecule has 1 aliphatic heterocycles. The molecule has 3 N–H and O–H groups in total. The van der Waals surface area contributed by atoms with Crippen molar-refractivity contribution in [3.63, 3.8) is 0 Å². The van der Waals surface area contributed by atoms with Gasteiger partial charge in [-0.3, -0.25) is 4.79 Å². The Balaban J connectivity index is 2.25. The molecule has 1 aliphatic rings. The summed E-state index contributed by atoms with van der Waals surface area (Å²) in [6.45, 7) is 5.77. The van der Waals surface area contributed by atoms with Gasteiger partial charge in [-0.05, 0) is 19.8 Å². The third kappa shape index (κ3) is 3.42. The maximum atomic E-state index is 11.9. The number of H-pyrrole nitrogens is 1. The van der Waals surface area contributed by atoms with E-state index in [0.717, 1.165) is 12.8 Å². The second-order valence-corrected chi connectivity index (χ2v) is 5.88. The van der Waals surface area contributed by atoms with Crippen LogP contribution in [-0.2, 0) is 14.9 Å². The molecule has 1 aromatic rings. The number of unbranched alkanes of at least 4 members (excludes halogenated alkanes) is 1. The lowest BCUT2D eigenvalue weighted by Gasteiger charge is -2.34. The van der Waals surface area contributed by atoms with Crippen molar-refractivity contribution >= 4 is 0 Å². The Morgan fingerprint density at radius 3 is 2.57 bits per heavy atom. The zero-order chi connectivity index (χ0) is 15.6. The van der Waals surface area contributed by atoms with Crippen molar-refractivity contribution in [3.05, 3.63) is 21.9 Å². The second kappa shape index (κ2) is 6.13. The van der Waals surface area contributed by atoms with Gasteiger partial charge in [0.25, 0.3) is 5.56 Å². The summed E-state index contributed by atoms with van der Waals surface area (Å²) < 4.78 is 10.6. The van der Waals surface area contributed by atoms with Gasteiger partial charge in [0.05, 0.1) is 0 Å². The van der Waals surface area contributed by atoms with Gasteiger partial charge in [-0.25, -0.2) is 4.98 Å². The van der Waals surface area contributed by atoms with Crippen LogP contribution >= 0.6 is 0 Å². The molecule has 0 bridgehead atoms. The average Bonchev–Trinajstić information content (AvgIpc) is 2.38. The van der Waals surface area contributed by atoms with Crippen LogP contribution in [0.4, 0.5) is 0 Å². The van der Waals surface area contributed by atoms with E-state index in [0.29, 0.717) is 12.2 Å². The lowest BCUT2D eigenvalue weighted by molar-refractivity contribution is -0.384. The van der Waals surface area contributed by atoms with Gasteiger partial charge in [0.1, 0.15) is 11.5 Å². The Kier molecular flexibility index (Phi) is 4.65. The number of aromatic nitrogens is 2. The minimum Gasteiger partial charge on any atom is -0.502 e. The van der Waals surface area contributed by atoms with Gasteiger partial charge in [-0.2, -0.15) is 0 Å². The Bertz CT molecular complexity index is 549. The molecule has 0 amide bonds. The number of ether oxygens (including phenoxy) is 2. The Labute approximate surface area is 122 Å². The number of aliphatic hydroxyl groups excluding tert-OH is 1. The first-order valence-corrected chi connectivity index (χ1v) is 7.10. The monoisotopic (exact) mass is 298 g/mol. The molecule has 1 aromatic heterocycles. The van der Waals surface area contributed by atoms with E-state index in [9.17, 15) is 9.90 Å². The molecule has 0 atom stereocenters. The number of nitrogens with zero attached hydrogens (tertiary/aromatic N) is 1. The van der Waals surface area contributed by atoms with Crippen LogP contribution in [0.15, 0.2) is 4.79 Å². The lowest BCUT2D eigenvalue weighted by atomic mass is 9.86. The molecule has 0 spiro atoms. The first-order chi connectivity index (χ1) is 9.85. The number of aliphatic hydroxyl groups is 1. The third-order valence-corrected chi connectivity index (χ3v) is 3.63. The number of hydrogen-bond acceptors (Lipinski definition) is 6. The highest BCUT2D eigenvalue weighted by atomic mass is 16.9. The molecular formula is C14H22N2O5. The molecular weight excluding hydrogens is 276 g/mol. The highest BCUT2D eigenvalue weighted by molar-refractivity contribution is 5.26. The number of rotatable bonds is 6. The van der Waals surface area contributed by atoms with Crippen molar-refractivity contribution in [3.8, 4) is 5.75 Å². The topological polar surface area (TPSA) is 105 Å². The molecule has 0 radical (unpaired) electrons. The van der Waals surface area contributed by atoms with E-state index in [-0.39, 0.29) is 24.0 Å². The Hall–Kier alpha value is -1.44. The van der Waals surface area contributed by atoms with Crippen molar-refractivity contribution in [2.24, 2.45) is 0 Å². The molecule has 7 nitrogen and oxygen atoms in total. The van der Waals surface area contributed by atoms with Crippen LogP contribution in [0.25, 0.3) is 0 Å². The third-order valence-electron chi connectivity index (χ3n) is 3.63. The van der Waals surface area contributed by atoms with Gasteiger partial charge in [0.2, 0.25) is 12.0 Å². The summed E-state index contributed by atoms with van der Waals surface area (Å²) in [4.78, 5) is 18.8. The van der Waals surface area contributed by atoms with Crippen LogP contribution in [0.1, 0.15) is 57.8 Å². The van der Waals surface area contributed by atoms with Crippen LogP contribution in [0, 0.1) is 0 Å². The average molecular weight is 298 g/mol. The summed E-state index contributed by atoms with van der Waals surface area (Å²) in [6.07, 6.45) is 1.11. The van der Waals surface area contributed by atoms with Gasteiger partial charge >= 0.3 is 0 Å². The SMILES string of the molecule is CC1OC(c2nc(C(C)(C)CCCCO)[nH]c(=O)c2O)O1. The van der Waals surface area contributed by atoms with Crippen LogP contribution in [0.3, 0.4) is 0 Å². The molecule has 0 unspecified atom stereocenters. The second-order valence-electron chi connectivity index (χ2n) is 5.88. The fourth-order valence-corrected chi connectivity index (χ4v) is 2.25. The number of aromatic amines is 1. The summed E-state index contributed by atoms with van der Waals surface area (Å²) >= 11 is 0. The molecule has 1 saturated heterocycles. The molecule has 118 valence electrons. The van der Waals surface area contributed by atoms with E-state index in [2.05, 4.69) is 9.97 Å². The molecule has 0 aromatic carbocycles. The number of hydrogen-bond donors (Lipinski definition) is 3. The van der Waals surface area contributed by atoms with E-state index in [1.807, 2.05) is 13.8 Å².